The predicted molar refractivity (Wildman–Crippen MR) is 96.6 cm³/mol. The summed E-state index contributed by atoms with van der Waals surface area (Å²) in [5, 5.41) is 6.23. The fourth-order valence-corrected chi connectivity index (χ4v) is 2.89. The molecule has 2 heterocycles. The van der Waals surface area contributed by atoms with Gasteiger partial charge in [0.1, 0.15) is 17.3 Å². The Hall–Kier alpha value is -2.47. The molecular formula is C19H24N4O2. The van der Waals surface area contributed by atoms with Crippen molar-refractivity contribution in [1.29, 1.82) is 0 Å². The fraction of sp³-hybridized carbons (Fsp3) is 0.421. The molecule has 1 aliphatic heterocycles. The second-order valence-corrected chi connectivity index (χ2v) is 6.31. The summed E-state index contributed by atoms with van der Waals surface area (Å²) in [5.41, 5.74) is 1.42. The van der Waals surface area contributed by atoms with Crippen LogP contribution in [0.2, 0.25) is 0 Å². The topological polar surface area (TPSA) is 76.1 Å². The van der Waals surface area contributed by atoms with Crippen molar-refractivity contribution in [3.63, 3.8) is 0 Å². The van der Waals surface area contributed by atoms with Crippen molar-refractivity contribution in [3.8, 4) is 0 Å². The molecule has 1 saturated heterocycles. The molecule has 0 spiro atoms. The van der Waals surface area contributed by atoms with Crippen LogP contribution in [0.3, 0.4) is 0 Å². The quantitative estimate of drug-likeness (QED) is 0.846. The summed E-state index contributed by atoms with van der Waals surface area (Å²) in [6.07, 6.45) is 2.37. The first-order valence-electron chi connectivity index (χ1n) is 8.69. The Bertz CT molecular complexity index is 715. The Balaban J connectivity index is 1.65. The lowest BCUT2D eigenvalue weighted by atomic mass is 10.1. The van der Waals surface area contributed by atoms with Crippen molar-refractivity contribution in [3.05, 3.63) is 53.5 Å². The molecule has 0 saturated carbocycles. The second kappa shape index (κ2) is 8.07. The number of ether oxygens (including phenoxy) is 1. The number of carbonyl (C=O) groups is 1. The van der Waals surface area contributed by atoms with Crippen LogP contribution in [0.25, 0.3) is 0 Å². The summed E-state index contributed by atoms with van der Waals surface area (Å²) in [6, 6.07) is 11.5. The number of aromatic nitrogens is 2. The predicted octanol–water partition coefficient (Wildman–Crippen LogP) is 2.87. The van der Waals surface area contributed by atoms with E-state index in [-0.39, 0.29) is 18.1 Å². The highest BCUT2D eigenvalue weighted by Crippen LogP contribution is 2.15. The molecule has 3 rings (SSSR count). The number of hydrogen-bond acceptors (Lipinski definition) is 5. The first-order chi connectivity index (χ1) is 12.1. The highest BCUT2D eigenvalue weighted by molar-refractivity contribution is 5.93. The van der Waals surface area contributed by atoms with Crippen LogP contribution >= 0.6 is 0 Å². The van der Waals surface area contributed by atoms with Crippen LogP contribution in [0, 0.1) is 6.92 Å². The average molecular weight is 340 g/mol. The van der Waals surface area contributed by atoms with E-state index in [1.54, 1.807) is 13.0 Å². The number of anilines is 1. The van der Waals surface area contributed by atoms with Gasteiger partial charge in [-0.05, 0) is 32.3 Å². The summed E-state index contributed by atoms with van der Waals surface area (Å²) < 4.78 is 5.60. The Kier molecular flexibility index (Phi) is 5.60. The molecule has 132 valence electrons. The standard InChI is InChI=1S/C19H24N4O2/c1-13(15-7-4-3-5-8-15)21-19(24)17-11-18(23-14(2)22-17)20-12-16-9-6-10-25-16/h3-5,7-8,11,13,16H,6,9-10,12H2,1-2H3,(H,21,24)(H,20,22,23). The third-order valence-corrected chi connectivity index (χ3v) is 4.25. The van der Waals surface area contributed by atoms with Crippen molar-refractivity contribution in [2.24, 2.45) is 0 Å². The molecule has 0 radical (unpaired) electrons. The van der Waals surface area contributed by atoms with E-state index in [1.165, 1.54) is 0 Å². The number of nitrogens with one attached hydrogen (secondary N) is 2. The first-order valence-corrected chi connectivity index (χ1v) is 8.69. The van der Waals surface area contributed by atoms with Gasteiger partial charge < -0.3 is 15.4 Å². The number of nitrogens with zero attached hydrogens (tertiary/aromatic N) is 2. The van der Waals surface area contributed by atoms with Crippen LogP contribution in [-0.2, 0) is 4.74 Å². The van der Waals surface area contributed by atoms with E-state index in [1.807, 2.05) is 37.3 Å². The summed E-state index contributed by atoms with van der Waals surface area (Å²) in [6.45, 7) is 5.25. The minimum absolute atomic E-state index is 0.0905. The molecule has 25 heavy (non-hydrogen) atoms. The molecule has 6 heteroatoms. The molecule has 2 atom stereocenters. The number of amides is 1. The summed E-state index contributed by atoms with van der Waals surface area (Å²) >= 11 is 0. The lowest BCUT2D eigenvalue weighted by Gasteiger charge is -2.15. The molecule has 2 unspecified atom stereocenters. The highest BCUT2D eigenvalue weighted by Gasteiger charge is 2.17. The lowest BCUT2D eigenvalue weighted by Crippen LogP contribution is -2.28. The van der Waals surface area contributed by atoms with Crippen LogP contribution < -0.4 is 10.6 Å². The van der Waals surface area contributed by atoms with Gasteiger partial charge in [0.2, 0.25) is 0 Å². The van der Waals surface area contributed by atoms with Gasteiger partial charge in [-0.25, -0.2) is 9.97 Å². The molecule has 1 aromatic carbocycles. The maximum atomic E-state index is 12.5. The van der Waals surface area contributed by atoms with Gasteiger partial charge in [0.25, 0.3) is 5.91 Å². The normalized spacial score (nSPS) is 17.9. The number of benzene rings is 1. The molecule has 1 fully saturated rings. The molecule has 1 aromatic heterocycles. The van der Waals surface area contributed by atoms with Crippen LogP contribution in [0.4, 0.5) is 5.82 Å². The third kappa shape index (κ3) is 4.76. The number of hydrogen-bond donors (Lipinski definition) is 2. The molecule has 1 amide bonds. The van der Waals surface area contributed by atoms with E-state index >= 15 is 0 Å². The number of carbonyl (C=O) groups excluding carboxylic acids is 1. The summed E-state index contributed by atoms with van der Waals surface area (Å²) in [4.78, 5) is 21.2. The van der Waals surface area contributed by atoms with Gasteiger partial charge in [-0.15, -0.1) is 0 Å². The van der Waals surface area contributed by atoms with Crippen molar-refractivity contribution < 1.29 is 9.53 Å². The zero-order valence-corrected chi connectivity index (χ0v) is 14.7. The molecule has 1 aliphatic rings. The Morgan fingerprint density at radius 2 is 2.12 bits per heavy atom. The third-order valence-electron chi connectivity index (χ3n) is 4.25. The molecule has 0 bridgehead atoms. The number of rotatable bonds is 6. The Morgan fingerprint density at radius 3 is 2.84 bits per heavy atom. The van der Waals surface area contributed by atoms with Crippen molar-refractivity contribution in [2.75, 3.05) is 18.5 Å². The van der Waals surface area contributed by atoms with E-state index in [2.05, 4.69) is 20.6 Å². The van der Waals surface area contributed by atoms with Crippen LogP contribution in [0.5, 0.6) is 0 Å². The van der Waals surface area contributed by atoms with Crippen molar-refractivity contribution in [2.45, 2.75) is 38.8 Å². The largest absolute Gasteiger partial charge is 0.376 e. The summed E-state index contributed by atoms with van der Waals surface area (Å²) in [7, 11) is 0. The summed E-state index contributed by atoms with van der Waals surface area (Å²) in [5.74, 6) is 1.01. The molecule has 2 aromatic rings. The van der Waals surface area contributed by atoms with Crippen LogP contribution in [-0.4, -0.2) is 35.1 Å². The Morgan fingerprint density at radius 1 is 1.32 bits per heavy atom. The van der Waals surface area contributed by atoms with Gasteiger partial charge in [-0.1, -0.05) is 30.3 Å². The van der Waals surface area contributed by atoms with Crippen molar-refractivity contribution >= 4 is 11.7 Å². The maximum absolute atomic E-state index is 12.5. The van der Waals surface area contributed by atoms with E-state index in [9.17, 15) is 4.79 Å². The van der Waals surface area contributed by atoms with Gasteiger partial charge in [-0.2, -0.15) is 0 Å². The van der Waals surface area contributed by atoms with Gasteiger partial charge in [0.05, 0.1) is 12.1 Å². The smallest absolute Gasteiger partial charge is 0.270 e. The molecule has 0 aliphatic carbocycles. The van der Waals surface area contributed by atoms with E-state index in [4.69, 9.17) is 4.74 Å². The fourth-order valence-electron chi connectivity index (χ4n) is 2.89. The molecule has 6 nitrogen and oxygen atoms in total. The van der Waals surface area contributed by atoms with Gasteiger partial charge >= 0.3 is 0 Å². The molecular weight excluding hydrogens is 316 g/mol. The van der Waals surface area contributed by atoms with Gasteiger partial charge in [-0.3, -0.25) is 4.79 Å². The average Bonchev–Trinajstić information content (AvgIpc) is 3.14. The zero-order chi connectivity index (χ0) is 17.6. The SMILES string of the molecule is Cc1nc(NCC2CCCO2)cc(C(=O)NC(C)c2ccccc2)n1. The van der Waals surface area contributed by atoms with Crippen LogP contribution in [0.1, 0.15) is 47.7 Å². The number of aryl methyl sites for hydroxylation is 1. The zero-order valence-electron chi connectivity index (χ0n) is 14.7. The van der Waals surface area contributed by atoms with Gasteiger partial charge in [0.15, 0.2) is 0 Å². The monoisotopic (exact) mass is 340 g/mol. The van der Waals surface area contributed by atoms with E-state index in [0.717, 1.165) is 25.0 Å². The van der Waals surface area contributed by atoms with Crippen molar-refractivity contribution in [1.82, 2.24) is 15.3 Å². The molecule has 2 N–H and O–H groups in total. The second-order valence-electron chi connectivity index (χ2n) is 6.31. The van der Waals surface area contributed by atoms with Crippen LogP contribution in [0.15, 0.2) is 36.4 Å². The minimum Gasteiger partial charge on any atom is -0.376 e. The maximum Gasteiger partial charge on any atom is 0.270 e. The van der Waals surface area contributed by atoms with E-state index < -0.39 is 0 Å². The minimum atomic E-state index is -0.206. The lowest BCUT2D eigenvalue weighted by molar-refractivity contribution is 0.0934. The highest BCUT2D eigenvalue weighted by atomic mass is 16.5. The van der Waals surface area contributed by atoms with Gasteiger partial charge in [0, 0.05) is 19.2 Å². The first kappa shape index (κ1) is 17.4. The van der Waals surface area contributed by atoms with E-state index in [0.29, 0.717) is 23.9 Å². The Labute approximate surface area is 148 Å².